The van der Waals surface area contributed by atoms with Crippen molar-refractivity contribution in [2.75, 3.05) is 37.7 Å². The molecule has 2 saturated heterocycles. The Balaban J connectivity index is 0.965. The highest BCUT2D eigenvalue weighted by Gasteiger charge is 2.51. The summed E-state index contributed by atoms with van der Waals surface area (Å²) in [6, 6.07) is 12.0. The van der Waals surface area contributed by atoms with E-state index in [4.69, 9.17) is 9.82 Å². The fourth-order valence-electron chi connectivity index (χ4n) is 6.48. The quantitative estimate of drug-likeness (QED) is 0.243. The van der Waals surface area contributed by atoms with Crippen molar-refractivity contribution in [1.29, 1.82) is 0 Å². The van der Waals surface area contributed by atoms with Crippen LogP contribution in [0.5, 0.6) is 0 Å². The van der Waals surface area contributed by atoms with Gasteiger partial charge >= 0.3 is 0 Å². The Bertz CT molecular complexity index is 1580. The number of hydrogen-bond donors (Lipinski definition) is 0. The molecule has 9 heteroatoms. The fourth-order valence-corrected chi connectivity index (χ4v) is 6.48. The Morgan fingerprint density at radius 1 is 1.00 bits per heavy atom. The van der Waals surface area contributed by atoms with Gasteiger partial charge in [0.05, 0.1) is 11.4 Å². The lowest BCUT2D eigenvalue weighted by Gasteiger charge is -2.61. The third kappa shape index (κ3) is 4.52. The summed E-state index contributed by atoms with van der Waals surface area (Å²) in [5.41, 5.74) is 7.82. The molecule has 206 valence electrons. The number of fused-ring (bicyclic) bond motifs is 3. The van der Waals surface area contributed by atoms with Crippen LogP contribution in [-0.4, -0.2) is 57.8 Å². The number of rotatable bonds is 7. The van der Waals surface area contributed by atoms with Crippen molar-refractivity contribution >= 4 is 17.0 Å². The molecular weight excluding hydrogens is 510 g/mol. The Morgan fingerprint density at radius 2 is 1.85 bits per heavy atom. The van der Waals surface area contributed by atoms with E-state index < -0.39 is 11.6 Å². The minimum Gasteiger partial charge on any atom is -0.396 e. The van der Waals surface area contributed by atoms with E-state index in [1.165, 1.54) is 36.0 Å². The van der Waals surface area contributed by atoms with Gasteiger partial charge in [-0.3, -0.25) is 9.88 Å². The average molecular weight is 543 g/mol. The molecule has 2 fully saturated rings. The van der Waals surface area contributed by atoms with Crippen LogP contribution in [0.2, 0.25) is 0 Å². The summed E-state index contributed by atoms with van der Waals surface area (Å²) in [4.78, 5) is 19.6. The van der Waals surface area contributed by atoms with E-state index in [-0.39, 0.29) is 0 Å². The number of halogens is 2. The summed E-state index contributed by atoms with van der Waals surface area (Å²) in [5.74, 6) is -1.83. The number of likely N-dealkylation sites (tertiary alicyclic amines) is 1. The predicted octanol–water partition coefficient (Wildman–Crippen LogP) is 5.00. The summed E-state index contributed by atoms with van der Waals surface area (Å²) in [5, 5.41) is 4.12. The molecule has 0 bridgehead atoms. The molecule has 5 heterocycles. The smallest absolute Gasteiger partial charge is 0.159 e. The number of oxime groups is 1. The Morgan fingerprint density at radius 3 is 2.62 bits per heavy atom. The molecule has 2 aliphatic heterocycles. The van der Waals surface area contributed by atoms with Gasteiger partial charge in [0.2, 0.25) is 0 Å². The molecule has 40 heavy (non-hydrogen) atoms. The maximum Gasteiger partial charge on any atom is 0.159 e. The normalized spacial score (nSPS) is 18.5. The fraction of sp³-hybridized carbons (Fsp3) is 0.387. The molecule has 4 aromatic rings. The molecule has 1 aliphatic carbocycles. The lowest BCUT2D eigenvalue weighted by atomic mass is 9.72. The van der Waals surface area contributed by atoms with Gasteiger partial charge in [-0.05, 0) is 68.5 Å². The average Bonchev–Trinajstić information content (AvgIpc) is 3.30. The highest BCUT2D eigenvalue weighted by Crippen LogP contribution is 2.42. The van der Waals surface area contributed by atoms with E-state index in [9.17, 15) is 8.78 Å². The van der Waals surface area contributed by atoms with E-state index in [1.807, 2.05) is 25.3 Å². The van der Waals surface area contributed by atoms with Crippen LogP contribution in [0.15, 0.2) is 60.0 Å². The van der Waals surface area contributed by atoms with Crippen LogP contribution in [0.4, 0.5) is 14.5 Å². The van der Waals surface area contributed by atoms with Gasteiger partial charge < -0.3 is 14.1 Å². The second-order valence-electron chi connectivity index (χ2n) is 11.4. The molecule has 0 unspecified atom stereocenters. The molecule has 0 atom stereocenters. The third-order valence-electron chi connectivity index (χ3n) is 8.36. The second kappa shape index (κ2) is 9.96. The maximum atomic E-state index is 13.9. The number of pyridine rings is 2. The third-order valence-corrected chi connectivity index (χ3v) is 8.36. The largest absolute Gasteiger partial charge is 0.396 e. The van der Waals surface area contributed by atoms with Gasteiger partial charge in [0.1, 0.15) is 18.0 Å². The molecule has 7 rings (SSSR count). The van der Waals surface area contributed by atoms with Gasteiger partial charge in [-0.25, -0.2) is 13.8 Å². The minimum atomic E-state index is -0.930. The SMILES string of the molecule is CCON=C(c1ccc(F)c(F)c1)c1ccc(CN2CC3(C2)CN(c2ccn4c5c(nc4c2)CCCC5)C3)cn1. The molecule has 7 nitrogen and oxygen atoms in total. The Kier molecular flexibility index (Phi) is 6.26. The highest BCUT2D eigenvalue weighted by molar-refractivity contribution is 6.11. The number of aryl methyl sites for hydroxylation is 2. The van der Waals surface area contributed by atoms with Crippen molar-refractivity contribution in [3.8, 4) is 0 Å². The van der Waals surface area contributed by atoms with Gasteiger partial charge in [-0.2, -0.15) is 0 Å². The zero-order valence-corrected chi connectivity index (χ0v) is 22.6. The number of benzene rings is 1. The topological polar surface area (TPSA) is 58.3 Å². The molecule has 1 aromatic carbocycles. The second-order valence-corrected chi connectivity index (χ2v) is 11.4. The number of hydrogen-bond acceptors (Lipinski definition) is 6. The zero-order valence-electron chi connectivity index (χ0n) is 22.6. The monoisotopic (exact) mass is 542 g/mol. The van der Waals surface area contributed by atoms with E-state index in [0.29, 0.717) is 29.0 Å². The molecule has 0 amide bonds. The standard InChI is InChI=1S/C31H32F2N6O/c1-2-40-36-30(22-8-9-24(32)25(33)13-22)27-10-7-21(15-34-27)16-37-17-31(18-37)19-38(20-31)23-11-12-39-28-6-4-3-5-26(28)35-29(39)14-23/h7-15H,2-6,16-20H2,1H3. The van der Waals surface area contributed by atoms with Crippen LogP contribution < -0.4 is 4.90 Å². The van der Waals surface area contributed by atoms with Crippen molar-refractivity contribution in [2.24, 2.45) is 10.6 Å². The summed E-state index contributed by atoms with van der Waals surface area (Å²) >= 11 is 0. The van der Waals surface area contributed by atoms with Crippen molar-refractivity contribution in [2.45, 2.75) is 39.2 Å². The van der Waals surface area contributed by atoms with Crippen molar-refractivity contribution in [3.63, 3.8) is 0 Å². The van der Waals surface area contributed by atoms with E-state index in [0.717, 1.165) is 68.9 Å². The lowest BCUT2D eigenvalue weighted by molar-refractivity contribution is -0.0273. The van der Waals surface area contributed by atoms with E-state index >= 15 is 0 Å². The van der Waals surface area contributed by atoms with Gasteiger partial charge in [-0.1, -0.05) is 11.2 Å². The van der Waals surface area contributed by atoms with Gasteiger partial charge in [0.15, 0.2) is 11.6 Å². The van der Waals surface area contributed by atoms with Crippen molar-refractivity contribution < 1.29 is 13.6 Å². The Hall–Kier alpha value is -3.85. The highest BCUT2D eigenvalue weighted by atomic mass is 19.2. The molecule has 0 saturated carbocycles. The van der Waals surface area contributed by atoms with Crippen LogP contribution in [0, 0.1) is 17.0 Å². The van der Waals surface area contributed by atoms with Crippen molar-refractivity contribution in [3.05, 3.63) is 94.7 Å². The first-order valence-electron chi connectivity index (χ1n) is 14.1. The van der Waals surface area contributed by atoms with Gasteiger partial charge in [0.25, 0.3) is 0 Å². The summed E-state index contributed by atoms with van der Waals surface area (Å²) in [6.07, 6.45) is 8.77. The van der Waals surface area contributed by atoms with Gasteiger partial charge in [-0.15, -0.1) is 0 Å². The first-order valence-corrected chi connectivity index (χ1v) is 14.1. The molecule has 3 aromatic heterocycles. The summed E-state index contributed by atoms with van der Waals surface area (Å²) < 4.78 is 29.6. The van der Waals surface area contributed by atoms with Crippen LogP contribution >= 0.6 is 0 Å². The molecular formula is C31H32F2N6O. The van der Waals surface area contributed by atoms with Gasteiger partial charge in [0, 0.05) is 73.5 Å². The molecule has 0 radical (unpaired) electrons. The zero-order chi connectivity index (χ0) is 27.3. The first-order chi connectivity index (χ1) is 19.5. The van der Waals surface area contributed by atoms with Crippen LogP contribution in [0.25, 0.3) is 5.65 Å². The van der Waals surface area contributed by atoms with Crippen LogP contribution in [-0.2, 0) is 24.2 Å². The van der Waals surface area contributed by atoms with E-state index in [1.54, 1.807) is 0 Å². The molecule has 0 N–H and O–H groups in total. The van der Waals surface area contributed by atoms with E-state index in [2.05, 4.69) is 42.7 Å². The number of aromatic nitrogens is 3. The molecule has 1 spiro atoms. The number of nitrogens with zero attached hydrogens (tertiary/aromatic N) is 6. The minimum absolute atomic E-state index is 0.359. The molecule has 3 aliphatic rings. The lowest BCUT2D eigenvalue weighted by Crippen LogP contribution is -2.71. The first kappa shape index (κ1) is 25.1. The van der Waals surface area contributed by atoms with Crippen molar-refractivity contribution in [1.82, 2.24) is 19.3 Å². The van der Waals surface area contributed by atoms with Crippen LogP contribution in [0.1, 0.15) is 48.0 Å². The number of imidazole rings is 1. The maximum absolute atomic E-state index is 13.9. The summed E-state index contributed by atoms with van der Waals surface area (Å²) in [7, 11) is 0. The summed E-state index contributed by atoms with van der Waals surface area (Å²) in [6.45, 7) is 7.27. The predicted molar refractivity (Wildman–Crippen MR) is 150 cm³/mol. The number of anilines is 1. The van der Waals surface area contributed by atoms with Crippen LogP contribution in [0.3, 0.4) is 0 Å². The Labute approximate surface area is 232 Å².